The zero-order valence-electron chi connectivity index (χ0n) is 14.8. The van der Waals surface area contributed by atoms with Gasteiger partial charge in [-0.15, -0.1) is 0 Å². The van der Waals surface area contributed by atoms with Crippen LogP contribution in [0.25, 0.3) is 10.8 Å². The number of fused-ring (bicyclic) bond motifs is 6. The van der Waals surface area contributed by atoms with Crippen LogP contribution in [0.1, 0.15) is 55.2 Å². The lowest BCUT2D eigenvalue weighted by molar-refractivity contribution is -0.130. The zero-order chi connectivity index (χ0) is 17.9. The highest BCUT2D eigenvalue weighted by Gasteiger charge is 2.42. The molecule has 0 spiro atoms. The Hall–Kier alpha value is -2.55. The lowest BCUT2D eigenvalue weighted by Gasteiger charge is -2.23. The molecular weight excluding hydrogens is 312 g/mol. The van der Waals surface area contributed by atoms with Crippen molar-refractivity contribution in [3.8, 4) is 11.5 Å². The minimum absolute atomic E-state index is 0.210. The molecule has 0 saturated carbocycles. The van der Waals surface area contributed by atoms with E-state index in [1.54, 1.807) is 6.92 Å². The molecule has 0 radical (unpaired) electrons. The Morgan fingerprint density at radius 2 is 2.08 bits per heavy atom. The van der Waals surface area contributed by atoms with Gasteiger partial charge < -0.3 is 9.84 Å². The zero-order valence-corrected chi connectivity index (χ0v) is 14.8. The molecular formula is C22H22O3. The molecule has 3 heteroatoms. The summed E-state index contributed by atoms with van der Waals surface area (Å²) in [6.45, 7) is 9.49. The highest BCUT2D eigenvalue weighted by Crippen LogP contribution is 2.60. The molecule has 2 aromatic carbocycles. The van der Waals surface area contributed by atoms with Gasteiger partial charge in [0, 0.05) is 39.3 Å². The minimum Gasteiger partial charge on any atom is -0.507 e. The van der Waals surface area contributed by atoms with Crippen LogP contribution in [0, 0.1) is 6.92 Å². The van der Waals surface area contributed by atoms with Crippen molar-refractivity contribution >= 4 is 16.7 Å². The molecule has 0 heterocycles. The first-order valence-corrected chi connectivity index (χ1v) is 8.79. The van der Waals surface area contributed by atoms with Crippen molar-refractivity contribution in [1.82, 2.24) is 0 Å². The van der Waals surface area contributed by atoms with Gasteiger partial charge in [0.05, 0.1) is 0 Å². The molecule has 0 amide bonds. The van der Waals surface area contributed by atoms with E-state index in [-0.39, 0.29) is 11.8 Å². The van der Waals surface area contributed by atoms with Crippen LogP contribution in [0.4, 0.5) is 0 Å². The number of hydrogen-bond donors (Lipinski definition) is 1. The second kappa shape index (κ2) is 5.48. The molecule has 2 atom stereocenters. The fraction of sp³-hybridized carbons (Fsp3) is 0.318. The smallest absolute Gasteiger partial charge is 0.338 e. The Labute approximate surface area is 147 Å². The minimum atomic E-state index is -0.417. The van der Waals surface area contributed by atoms with Crippen LogP contribution in [0.2, 0.25) is 0 Å². The van der Waals surface area contributed by atoms with Gasteiger partial charge in [0.2, 0.25) is 0 Å². The summed E-state index contributed by atoms with van der Waals surface area (Å²) in [5, 5.41) is 12.5. The molecule has 2 aromatic rings. The maximum atomic E-state index is 12.3. The number of esters is 1. The largest absolute Gasteiger partial charge is 0.507 e. The highest BCUT2D eigenvalue weighted by atomic mass is 16.5. The van der Waals surface area contributed by atoms with Gasteiger partial charge in [0.25, 0.3) is 0 Å². The Morgan fingerprint density at radius 1 is 1.32 bits per heavy atom. The molecule has 2 aliphatic carbocycles. The van der Waals surface area contributed by atoms with Crippen LogP contribution in [-0.2, 0) is 4.79 Å². The fourth-order valence-electron chi connectivity index (χ4n) is 4.32. The molecule has 2 bridgehead atoms. The van der Waals surface area contributed by atoms with Gasteiger partial charge in [-0.2, -0.15) is 0 Å². The van der Waals surface area contributed by atoms with E-state index in [4.69, 9.17) is 4.74 Å². The number of phenols is 1. The van der Waals surface area contributed by atoms with E-state index in [9.17, 15) is 9.90 Å². The summed E-state index contributed by atoms with van der Waals surface area (Å²) < 4.78 is 5.80. The van der Waals surface area contributed by atoms with Crippen molar-refractivity contribution < 1.29 is 14.6 Å². The number of hydrogen-bond acceptors (Lipinski definition) is 3. The number of carbonyl (C=O) groups is 1. The van der Waals surface area contributed by atoms with Gasteiger partial charge >= 0.3 is 5.97 Å². The second-order valence-electron chi connectivity index (χ2n) is 7.21. The first kappa shape index (κ1) is 15.9. The molecule has 0 fully saturated rings. The third-order valence-corrected chi connectivity index (χ3v) is 5.49. The van der Waals surface area contributed by atoms with Crippen LogP contribution in [0.5, 0.6) is 11.5 Å². The lowest BCUT2D eigenvalue weighted by atomic mass is 9.86. The van der Waals surface area contributed by atoms with Crippen LogP contribution in [0.3, 0.4) is 0 Å². The Balaban J connectivity index is 2.03. The topological polar surface area (TPSA) is 46.5 Å². The van der Waals surface area contributed by atoms with Crippen LogP contribution in [-0.4, -0.2) is 11.1 Å². The van der Waals surface area contributed by atoms with Crippen LogP contribution < -0.4 is 4.74 Å². The normalized spacial score (nSPS) is 20.5. The fourth-order valence-corrected chi connectivity index (χ4v) is 4.32. The van der Waals surface area contributed by atoms with Gasteiger partial charge in [-0.1, -0.05) is 42.8 Å². The Kier molecular flexibility index (Phi) is 3.50. The molecule has 128 valence electrons. The monoisotopic (exact) mass is 334 g/mol. The number of phenolic OH excluding ortho intramolecular Hbond substituents is 1. The average Bonchev–Trinajstić information content (AvgIpc) is 3.16. The second-order valence-corrected chi connectivity index (χ2v) is 7.21. The van der Waals surface area contributed by atoms with E-state index in [0.717, 1.165) is 40.3 Å². The van der Waals surface area contributed by atoms with Crippen molar-refractivity contribution in [3.05, 3.63) is 58.7 Å². The first-order chi connectivity index (χ1) is 11.9. The van der Waals surface area contributed by atoms with Crippen molar-refractivity contribution in [3.63, 3.8) is 0 Å². The van der Waals surface area contributed by atoms with Crippen LogP contribution >= 0.6 is 0 Å². The number of rotatable bonds is 3. The number of aryl methyl sites for hydroxylation is 1. The Bertz CT molecular complexity index is 965. The first-order valence-electron chi connectivity index (χ1n) is 8.79. The van der Waals surface area contributed by atoms with E-state index in [1.807, 2.05) is 25.1 Å². The molecule has 0 saturated heterocycles. The molecule has 25 heavy (non-hydrogen) atoms. The number of ether oxygens (including phenoxy) is 1. The SMILES string of the molecule is C=C(C)C(=O)Oc1c2c(c(O)c3cc(C)ccc13)C1C=C(CC)C2C1. The van der Waals surface area contributed by atoms with Crippen molar-refractivity contribution in [2.45, 2.75) is 45.4 Å². The molecule has 3 nitrogen and oxygen atoms in total. The van der Waals surface area contributed by atoms with E-state index in [0.29, 0.717) is 17.1 Å². The van der Waals surface area contributed by atoms with E-state index >= 15 is 0 Å². The van der Waals surface area contributed by atoms with Crippen LogP contribution in [0.15, 0.2) is 42.0 Å². The van der Waals surface area contributed by atoms with Gasteiger partial charge in [0.15, 0.2) is 0 Å². The predicted octanol–water partition coefficient (Wildman–Crippen LogP) is 5.26. The molecule has 0 aliphatic heterocycles. The average molecular weight is 334 g/mol. The van der Waals surface area contributed by atoms with E-state index < -0.39 is 5.97 Å². The summed E-state index contributed by atoms with van der Waals surface area (Å²) in [4.78, 5) is 12.3. The lowest BCUT2D eigenvalue weighted by Crippen LogP contribution is -2.12. The maximum Gasteiger partial charge on any atom is 0.338 e. The molecule has 4 rings (SSSR count). The summed E-state index contributed by atoms with van der Waals surface area (Å²) >= 11 is 0. The number of benzene rings is 2. The molecule has 2 aliphatic rings. The number of allylic oxidation sites excluding steroid dienone is 2. The highest BCUT2D eigenvalue weighted by molar-refractivity contribution is 6.00. The number of carbonyl (C=O) groups excluding carboxylic acids is 1. The summed E-state index contributed by atoms with van der Waals surface area (Å²) in [6.07, 6.45) is 4.21. The van der Waals surface area contributed by atoms with Crippen molar-refractivity contribution in [1.29, 1.82) is 0 Å². The van der Waals surface area contributed by atoms with Crippen molar-refractivity contribution in [2.75, 3.05) is 0 Å². The summed E-state index contributed by atoms with van der Waals surface area (Å²) in [7, 11) is 0. The maximum absolute atomic E-state index is 12.3. The van der Waals surface area contributed by atoms with Gasteiger partial charge in [-0.05, 0) is 32.8 Å². The van der Waals surface area contributed by atoms with Gasteiger partial charge in [0.1, 0.15) is 11.5 Å². The summed E-state index contributed by atoms with van der Waals surface area (Å²) in [6, 6.07) is 5.88. The Morgan fingerprint density at radius 3 is 2.76 bits per heavy atom. The molecule has 0 aromatic heterocycles. The summed E-state index contributed by atoms with van der Waals surface area (Å²) in [5.74, 6) is 0.960. The summed E-state index contributed by atoms with van der Waals surface area (Å²) in [5.41, 5.74) is 4.73. The van der Waals surface area contributed by atoms with Gasteiger partial charge in [-0.3, -0.25) is 0 Å². The predicted molar refractivity (Wildman–Crippen MR) is 99.3 cm³/mol. The van der Waals surface area contributed by atoms with E-state index in [1.165, 1.54) is 5.57 Å². The van der Waals surface area contributed by atoms with Gasteiger partial charge in [-0.25, -0.2) is 4.79 Å². The third-order valence-electron chi connectivity index (χ3n) is 5.49. The quantitative estimate of drug-likeness (QED) is 0.361. The number of aromatic hydroxyl groups is 1. The molecule has 2 unspecified atom stereocenters. The molecule has 1 N–H and O–H groups in total. The standard InChI is InChI=1S/C22H22O3/c1-5-13-9-14-10-16(13)19-18(14)20(23)17-8-12(4)6-7-15(17)21(19)25-22(24)11(2)3/h6-9,14,16,23H,2,5,10H2,1,3-4H3. The van der Waals surface area contributed by atoms with E-state index in [2.05, 4.69) is 19.6 Å². The van der Waals surface area contributed by atoms with Crippen molar-refractivity contribution in [2.24, 2.45) is 0 Å². The third kappa shape index (κ3) is 2.22.